The fraction of sp³-hybridized carbons (Fsp3) is 0.417. The third-order valence-electron chi connectivity index (χ3n) is 2.39. The summed E-state index contributed by atoms with van der Waals surface area (Å²) in [5, 5.41) is 3.75. The Labute approximate surface area is 126 Å². The number of benzene rings is 1. The molecular weight excluding hydrogens is 307 g/mol. The number of carbonyl (C=O) groups excluding carboxylic acids is 1. The zero-order valence-electron chi connectivity index (χ0n) is 10.8. The topological polar surface area (TPSA) is 49.7 Å². The Morgan fingerprint density at radius 2 is 2.05 bits per heavy atom. The third kappa shape index (κ3) is 4.37. The molecule has 19 heavy (non-hydrogen) atoms. The van der Waals surface area contributed by atoms with E-state index >= 15 is 0 Å². The molecule has 0 unspecified atom stereocenters. The maximum absolute atomic E-state index is 12.2. The molecule has 0 saturated heterocycles. The number of nitroso groups, excluding NO2 is 1. The first-order valence-corrected chi connectivity index (χ1v) is 7.04. The van der Waals surface area contributed by atoms with E-state index in [4.69, 9.17) is 23.2 Å². The van der Waals surface area contributed by atoms with Crippen LogP contribution in [-0.2, 0) is 4.79 Å². The predicted octanol–water partition coefficient (Wildman–Crippen LogP) is 4.05. The first-order valence-electron chi connectivity index (χ1n) is 5.46. The van der Waals surface area contributed by atoms with Crippen molar-refractivity contribution in [1.29, 1.82) is 0 Å². The quantitative estimate of drug-likeness (QED) is 0.607. The van der Waals surface area contributed by atoms with Crippen LogP contribution in [0.5, 0.6) is 0 Å². The maximum atomic E-state index is 12.2. The van der Waals surface area contributed by atoms with Gasteiger partial charge in [-0.2, -0.15) is 0 Å². The number of halogens is 2. The smallest absolute Gasteiger partial charge is 0.239 e. The Morgan fingerprint density at radius 3 is 2.58 bits per heavy atom. The molecule has 0 N–H and O–H groups in total. The van der Waals surface area contributed by atoms with Crippen LogP contribution >= 0.6 is 35.0 Å². The molecule has 1 aromatic rings. The van der Waals surface area contributed by atoms with Gasteiger partial charge in [-0.3, -0.25) is 4.79 Å². The van der Waals surface area contributed by atoms with Crippen molar-refractivity contribution >= 4 is 40.9 Å². The summed E-state index contributed by atoms with van der Waals surface area (Å²) in [6, 6.07) is 5.11. The van der Waals surface area contributed by atoms with Crippen LogP contribution in [0.4, 0.5) is 0 Å². The van der Waals surface area contributed by atoms with Crippen LogP contribution in [0.25, 0.3) is 0 Å². The van der Waals surface area contributed by atoms with Crippen molar-refractivity contribution < 1.29 is 4.79 Å². The van der Waals surface area contributed by atoms with Crippen molar-refractivity contribution in [3.8, 4) is 0 Å². The van der Waals surface area contributed by atoms with E-state index in [0.29, 0.717) is 10.0 Å². The number of amides is 1. The summed E-state index contributed by atoms with van der Waals surface area (Å²) >= 11 is 13.2. The lowest BCUT2D eigenvalue weighted by molar-refractivity contribution is -0.131. The minimum atomic E-state index is -0.753. The molecule has 1 aromatic carbocycles. The van der Waals surface area contributed by atoms with Gasteiger partial charge in [0.05, 0.1) is 9.77 Å². The SMILES string of the molecule is CN(CN=O)C(=O)C(C)(C)Sc1ccc(Cl)cc1Cl. The van der Waals surface area contributed by atoms with Gasteiger partial charge in [-0.05, 0) is 37.2 Å². The lowest BCUT2D eigenvalue weighted by Crippen LogP contribution is -2.41. The first-order chi connectivity index (χ1) is 8.77. The van der Waals surface area contributed by atoms with Gasteiger partial charge >= 0.3 is 0 Å². The van der Waals surface area contributed by atoms with Gasteiger partial charge in [0.1, 0.15) is 0 Å². The first kappa shape index (κ1) is 16.3. The molecule has 1 rings (SSSR count). The second-order valence-corrected chi connectivity index (χ2v) is 6.97. The second-order valence-electron chi connectivity index (χ2n) is 4.46. The molecule has 0 aromatic heterocycles. The molecule has 0 radical (unpaired) electrons. The molecular formula is C12H14Cl2N2O2S. The average molecular weight is 321 g/mol. The molecule has 0 aliphatic carbocycles. The van der Waals surface area contributed by atoms with Gasteiger partial charge in [0.25, 0.3) is 0 Å². The van der Waals surface area contributed by atoms with Gasteiger partial charge < -0.3 is 4.90 Å². The summed E-state index contributed by atoms with van der Waals surface area (Å²) in [7, 11) is 1.54. The van der Waals surface area contributed by atoms with E-state index in [1.54, 1.807) is 32.0 Å². The number of carbonyl (C=O) groups is 1. The molecule has 0 aliphatic heterocycles. The summed E-state index contributed by atoms with van der Waals surface area (Å²) in [4.78, 5) is 24.4. The molecule has 0 bridgehead atoms. The lowest BCUT2D eigenvalue weighted by atomic mass is 10.2. The average Bonchev–Trinajstić information content (AvgIpc) is 2.32. The van der Waals surface area contributed by atoms with E-state index in [2.05, 4.69) is 5.18 Å². The molecule has 4 nitrogen and oxygen atoms in total. The van der Waals surface area contributed by atoms with Crippen LogP contribution in [0.2, 0.25) is 10.0 Å². The van der Waals surface area contributed by atoms with Gasteiger partial charge in [-0.15, -0.1) is 16.7 Å². The van der Waals surface area contributed by atoms with Gasteiger partial charge in [0.15, 0.2) is 6.67 Å². The van der Waals surface area contributed by atoms with Gasteiger partial charge in [0.2, 0.25) is 5.91 Å². The highest BCUT2D eigenvalue weighted by atomic mass is 35.5. The van der Waals surface area contributed by atoms with E-state index in [1.807, 2.05) is 0 Å². The molecule has 1 amide bonds. The number of hydrogen-bond donors (Lipinski definition) is 0. The molecule has 7 heteroatoms. The van der Waals surface area contributed by atoms with Gasteiger partial charge in [-0.1, -0.05) is 23.2 Å². The third-order valence-corrected chi connectivity index (χ3v) is 4.31. The summed E-state index contributed by atoms with van der Waals surface area (Å²) in [5.41, 5.74) is 0. The minimum absolute atomic E-state index is 0.169. The van der Waals surface area contributed by atoms with E-state index in [9.17, 15) is 9.70 Å². The van der Waals surface area contributed by atoms with Crippen LogP contribution in [0.15, 0.2) is 28.3 Å². The highest BCUT2D eigenvalue weighted by Crippen LogP contribution is 2.38. The monoisotopic (exact) mass is 320 g/mol. The Morgan fingerprint density at radius 1 is 1.42 bits per heavy atom. The zero-order valence-corrected chi connectivity index (χ0v) is 13.1. The summed E-state index contributed by atoms with van der Waals surface area (Å²) in [6.45, 7) is 3.37. The Balaban J connectivity index is 2.89. The van der Waals surface area contributed by atoms with Crippen LogP contribution in [-0.4, -0.2) is 29.3 Å². The maximum Gasteiger partial charge on any atom is 0.239 e. The standard InChI is InChI=1S/C12H14Cl2N2O2S/c1-12(2,11(17)16(3)7-15-18)19-10-5-4-8(13)6-9(10)14/h4-6H,7H2,1-3H3. The molecule has 104 valence electrons. The van der Waals surface area contributed by atoms with Crippen LogP contribution in [0.3, 0.4) is 0 Å². The van der Waals surface area contributed by atoms with E-state index in [0.717, 1.165) is 4.90 Å². The van der Waals surface area contributed by atoms with Crippen molar-refractivity contribution in [2.24, 2.45) is 5.18 Å². The van der Waals surface area contributed by atoms with Crippen molar-refractivity contribution in [2.75, 3.05) is 13.7 Å². The van der Waals surface area contributed by atoms with Crippen LogP contribution < -0.4 is 0 Å². The number of thioether (sulfide) groups is 1. The largest absolute Gasteiger partial charge is 0.322 e. The predicted molar refractivity (Wildman–Crippen MR) is 79.8 cm³/mol. The second kappa shape index (κ2) is 6.59. The Kier molecular flexibility index (Phi) is 5.64. The molecule has 0 heterocycles. The fourth-order valence-electron chi connectivity index (χ4n) is 1.49. The zero-order chi connectivity index (χ0) is 14.6. The minimum Gasteiger partial charge on any atom is -0.322 e. The van der Waals surface area contributed by atoms with Crippen LogP contribution in [0.1, 0.15) is 13.8 Å². The number of rotatable bonds is 5. The van der Waals surface area contributed by atoms with Gasteiger partial charge in [0, 0.05) is 17.0 Å². The summed E-state index contributed by atoms with van der Waals surface area (Å²) in [5.74, 6) is -0.192. The van der Waals surface area contributed by atoms with Crippen LogP contribution in [0, 0.1) is 4.91 Å². The van der Waals surface area contributed by atoms with Gasteiger partial charge in [-0.25, -0.2) is 0 Å². The summed E-state index contributed by atoms with van der Waals surface area (Å²) < 4.78 is -0.753. The van der Waals surface area contributed by atoms with Crippen molar-refractivity contribution in [3.05, 3.63) is 33.2 Å². The molecule has 0 spiro atoms. The van der Waals surface area contributed by atoms with Crippen molar-refractivity contribution in [3.63, 3.8) is 0 Å². The Hall–Kier alpha value is -0.780. The Bertz CT molecular complexity index is 495. The van der Waals surface area contributed by atoms with E-state index in [-0.39, 0.29) is 12.6 Å². The fourth-order valence-corrected chi connectivity index (χ4v) is 3.10. The molecule has 0 atom stereocenters. The lowest BCUT2D eigenvalue weighted by Gasteiger charge is -2.27. The van der Waals surface area contributed by atoms with Crippen molar-refractivity contribution in [2.45, 2.75) is 23.5 Å². The highest BCUT2D eigenvalue weighted by Gasteiger charge is 2.32. The number of nitrogens with zero attached hydrogens (tertiary/aromatic N) is 2. The van der Waals surface area contributed by atoms with Crippen molar-refractivity contribution in [1.82, 2.24) is 4.90 Å². The number of hydrogen-bond acceptors (Lipinski definition) is 4. The van der Waals surface area contributed by atoms with E-state index < -0.39 is 4.75 Å². The molecule has 0 fully saturated rings. The molecule has 0 aliphatic rings. The summed E-state index contributed by atoms with van der Waals surface area (Å²) in [6.07, 6.45) is 0. The molecule has 0 saturated carbocycles. The highest BCUT2D eigenvalue weighted by molar-refractivity contribution is 8.01. The van der Waals surface area contributed by atoms with E-state index in [1.165, 1.54) is 23.7 Å². The normalized spacial score (nSPS) is 11.2.